The maximum absolute atomic E-state index is 12.8. The minimum Gasteiger partial charge on any atom is -0.478 e. The normalized spacial score (nSPS) is 11.6. The highest BCUT2D eigenvalue weighted by Gasteiger charge is 2.33. The van der Waals surface area contributed by atoms with E-state index in [4.69, 9.17) is 5.11 Å². The third kappa shape index (κ3) is 5.72. The Hall–Kier alpha value is -4.48. The fourth-order valence-electron chi connectivity index (χ4n) is 3.51. The molecule has 0 fully saturated rings. The lowest BCUT2D eigenvalue weighted by atomic mass is 10.1. The van der Waals surface area contributed by atoms with E-state index in [0.717, 1.165) is 23.1 Å². The SMILES string of the molecule is Cc1cc(/C=N\NC(=O)Cc2ccc(C(F)(F)F)cc2[N+](=O)[O-])c(C)n1-c1ccc(C(=O)O)cc1. The number of carboxylic acid groups (broad SMARTS) is 1. The number of nitro groups is 1. The molecular formula is C23H19F3N4O5. The second-order valence-electron chi connectivity index (χ2n) is 7.58. The molecule has 0 aliphatic carbocycles. The van der Waals surface area contributed by atoms with Gasteiger partial charge in [0.25, 0.3) is 5.69 Å². The van der Waals surface area contributed by atoms with Crippen molar-refractivity contribution in [2.75, 3.05) is 0 Å². The van der Waals surface area contributed by atoms with Gasteiger partial charge in [0.05, 0.1) is 28.7 Å². The second-order valence-corrected chi connectivity index (χ2v) is 7.58. The third-order valence-electron chi connectivity index (χ3n) is 5.20. The van der Waals surface area contributed by atoms with Crippen LogP contribution >= 0.6 is 0 Å². The fourth-order valence-corrected chi connectivity index (χ4v) is 3.51. The van der Waals surface area contributed by atoms with Gasteiger partial charge in [-0.3, -0.25) is 14.9 Å². The van der Waals surface area contributed by atoms with Gasteiger partial charge in [-0.2, -0.15) is 18.3 Å². The molecule has 182 valence electrons. The van der Waals surface area contributed by atoms with Gasteiger partial charge < -0.3 is 9.67 Å². The van der Waals surface area contributed by atoms with Gasteiger partial charge in [-0.1, -0.05) is 6.07 Å². The maximum atomic E-state index is 12.8. The summed E-state index contributed by atoms with van der Waals surface area (Å²) >= 11 is 0. The molecule has 0 bridgehead atoms. The van der Waals surface area contributed by atoms with Crippen LogP contribution in [0.2, 0.25) is 0 Å². The van der Waals surface area contributed by atoms with Gasteiger partial charge in [0.1, 0.15) is 0 Å². The van der Waals surface area contributed by atoms with Gasteiger partial charge in [0.2, 0.25) is 5.91 Å². The molecule has 3 rings (SSSR count). The molecule has 1 amide bonds. The highest BCUT2D eigenvalue weighted by atomic mass is 19.4. The summed E-state index contributed by atoms with van der Waals surface area (Å²) < 4.78 is 40.3. The molecule has 2 N–H and O–H groups in total. The third-order valence-corrected chi connectivity index (χ3v) is 5.20. The molecular weight excluding hydrogens is 469 g/mol. The molecule has 2 aromatic carbocycles. The highest BCUT2D eigenvalue weighted by Crippen LogP contribution is 2.33. The number of nitrogens with one attached hydrogen (secondary N) is 1. The number of carboxylic acids is 1. The van der Waals surface area contributed by atoms with Crippen molar-refractivity contribution in [1.82, 2.24) is 9.99 Å². The Morgan fingerprint density at radius 1 is 1.14 bits per heavy atom. The first-order valence-electron chi connectivity index (χ1n) is 10.1. The van der Waals surface area contributed by atoms with Gasteiger partial charge in [-0.25, -0.2) is 10.2 Å². The summed E-state index contributed by atoms with van der Waals surface area (Å²) in [6.07, 6.45) is -3.93. The molecule has 0 unspecified atom stereocenters. The van der Waals surface area contributed by atoms with Gasteiger partial charge in [-0.05, 0) is 50.2 Å². The van der Waals surface area contributed by atoms with Crippen LogP contribution < -0.4 is 5.43 Å². The molecule has 35 heavy (non-hydrogen) atoms. The minimum absolute atomic E-state index is 0.147. The van der Waals surface area contributed by atoms with Crippen LogP contribution in [0.5, 0.6) is 0 Å². The van der Waals surface area contributed by atoms with Gasteiger partial charge >= 0.3 is 12.1 Å². The van der Waals surface area contributed by atoms with E-state index in [2.05, 4.69) is 10.5 Å². The summed E-state index contributed by atoms with van der Waals surface area (Å²) in [6.45, 7) is 3.63. The van der Waals surface area contributed by atoms with Gasteiger partial charge in [0, 0.05) is 34.3 Å². The zero-order chi connectivity index (χ0) is 25.9. The van der Waals surface area contributed by atoms with Crippen LogP contribution in [-0.4, -0.2) is 32.7 Å². The summed E-state index contributed by atoms with van der Waals surface area (Å²) in [4.78, 5) is 33.4. The molecule has 12 heteroatoms. The Kier molecular flexibility index (Phi) is 7.04. The number of nitro benzene ring substituents is 1. The van der Waals surface area contributed by atoms with E-state index in [9.17, 15) is 32.9 Å². The number of hydrazone groups is 1. The number of alkyl halides is 3. The number of nitrogens with zero attached hydrogens (tertiary/aromatic N) is 3. The smallest absolute Gasteiger partial charge is 0.416 e. The predicted octanol–water partition coefficient (Wildman–Crippen LogP) is 4.41. The van der Waals surface area contributed by atoms with E-state index < -0.39 is 40.6 Å². The predicted molar refractivity (Wildman–Crippen MR) is 120 cm³/mol. The van der Waals surface area contributed by atoms with E-state index in [-0.39, 0.29) is 11.1 Å². The molecule has 0 aliphatic rings. The molecule has 0 spiro atoms. The number of aromatic carboxylic acids is 1. The molecule has 0 radical (unpaired) electrons. The van der Waals surface area contributed by atoms with E-state index >= 15 is 0 Å². The largest absolute Gasteiger partial charge is 0.478 e. The topological polar surface area (TPSA) is 127 Å². The van der Waals surface area contributed by atoms with Crippen molar-refractivity contribution in [3.05, 3.63) is 92.3 Å². The first-order valence-corrected chi connectivity index (χ1v) is 10.1. The fraction of sp³-hybridized carbons (Fsp3) is 0.174. The maximum Gasteiger partial charge on any atom is 0.416 e. The average Bonchev–Trinajstić information content (AvgIpc) is 3.06. The van der Waals surface area contributed by atoms with E-state index in [1.807, 2.05) is 11.5 Å². The van der Waals surface area contributed by atoms with Gasteiger partial charge in [0.15, 0.2) is 0 Å². The Morgan fingerprint density at radius 2 is 1.80 bits per heavy atom. The molecule has 0 aliphatic heterocycles. The zero-order valence-electron chi connectivity index (χ0n) is 18.5. The molecule has 0 atom stereocenters. The number of benzene rings is 2. The number of halogens is 3. The van der Waals surface area contributed by atoms with Crippen molar-refractivity contribution in [3.63, 3.8) is 0 Å². The first-order chi connectivity index (χ1) is 16.4. The van der Waals surface area contributed by atoms with E-state index in [0.29, 0.717) is 17.7 Å². The number of amides is 1. The Morgan fingerprint density at radius 3 is 2.37 bits per heavy atom. The Labute approximate surface area is 196 Å². The van der Waals surface area contributed by atoms with Crippen molar-refractivity contribution < 1.29 is 32.8 Å². The lowest BCUT2D eigenvalue weighted by molar-refractivity contribution is -0.385. The van der Waals surface area contributed by atoms with Crippen LogP contribution in [0.15, 0.2) is 53.6 Å². The number of carbonyl (C=O) groups is 2. The molecule has 3 aromatic rings. The summed E-state index contributed by atoms with van der Waals surface area (Å²) in [5.74, 6) is -1.79. The van der Waals surface area contributed by atoms with Gasteiger partial charge in [-0.15, -0.1) is 0 Å². The van der Waals surface area contributed by atoms with E-state index in [1.54, 1.807) is 25.1 Å². The first kappa shape index (κ1) is 25.1. The van der Waals surface area contributed by atoms with Crippen molar-refractivity contribution in [1.29, 1.82) is 0 Å². The lowest BCUT2D eigenvalue weighted by Crippen LogP contribution is -2.20. The zero-order valence-corrected chi connectivity index (χ0v) is 18.5. The van der Waals surface area contributed by atoms with Crippen LogP contribution in [0.25, 0.3) is 5.69 Å². The highest BCUT2D eigenvalue weighted by molar-refractivity contribution is 5.88. The van der Waals surface area contributed by atoms with Crippen LogP contribution in [0.3, 0.4) is 0 Å². The average molecular weight is 488 g/mol. The Balaban J connectivity index is 1.73. The summed E-state index contributed by atoms with van der Waals surface area (Å²) in [5.41, 5.74) is 3.13. The number of rotatable bonds is 7. The standard InChI is InChI=1S/C23H19F3N4O5/c1-13-9-17(14(2)29(13)19-7-4-15(5-8-19)22(32)33)12-27-28-21(31)10-16-3-6-18(23(24,25)26)11-20(16)30(34)35/h3-9,11-12H,10H2,1-2H3,(H,28,31)(H,32,33)/b27-12-. The van der Waals surface area contributed by atoms with Crippen LogP contribution in [0.4, 0.5) is 18.9 Å². The number of hydrogen-bond acceptors (Lipinski definition) is 5. The number of carbonyl (C=O) groups excluding carboxylic acids is 1. The molecule has 0 saturated carbocycles. The molecule has 1 aromatic heterocycles. The van der Waals surface area contributed by atoms with Crippen molar-refractivity contribution in [2.45, 2.75) is 26.4 Å². The quantitative estimate of drug-likeness (QED) is 0.289. The minimum atomic E-state index is -4.75. The lowest BCUT2D eigenvalue weighted by Gasteiger charge is -2.10. The number of hydrogen-bond donors (Lipinski definition) is 2. The monoisotopic (exact) mass is 488 g/mol. The van der Waals surface area contributed by atoms with Crippen LogP contribution in [0, 0.1) is 24.0 Å². The van der Waals surface area contributed by atoms with Crippen molar-refractivity contribution in [2.24, 2.45) is 5.10 Å². The summed E-state index contributed by atoms with van der Waals surface area (Å²) in [5, 5.41) is 24.1. The second kappa shape index (κ2) is 9.79. The van der Waals surface area contributed by atoms with Crippen LogP contribution in [0.1, 0.15) is 38.4 Å². The number of aromatic nitrogens is 1. The summed E-state index contributed by atoms with van der Waals surface area (Å²) in [7, 11) is 0. The molecule has 9 nitrogen and oxygen atoms in total. The van der Waals surface area contributed by atoms with Crippen molar-refractivity contribution in [3.8, 4) is 5.69 Å². The summed E-state index contributed by atoms with van der Waals surface area (Å²) in [6, 6.07) is 10.0. The van der Waals surface area contributed by atoms with Crippen molar-refractivity contribution >= 4 is 23.8 Å². The Bertz CT molecular complexity index is 1330. The van der Waals surface area contributed by atoms with Crippen LogP contribution in [-0.2, 0) is 17.4 Å². The molecule has 0 saturated heterocycles. The molecule has 1 heterocycles. The number of aryl methyl sites for hydroxylation is 1. The van der Waals surface area contributed by atoms with E-state index in [1.165, 1.54) is 18.3 Å².